The van der Waals surface area contributed by atoms with Crippen LogP contribution in [0.25, 0.3) is 0 Å². The minimum Gasteiger partial charge on any atom is -0.393 e. The third-order valence-corrected chi connectivity index (χ3v) is 3.75. The highest BCUT2D eigenvalue weighted by Crippen LogP contribution is 2.21. The van der Waals surface area contributed by atoms with Gasteiger partial charge in [0.05, 0.1) is 19.7 Å². The van der Waals surface area contributed by atoms with E-state index in [0.29, 0.717) is 6.54 Å². The summed E-state index contributed by atoms with van der Waals surface area (Å²) in [4.78, 5) is 13.8. The first kappa shape index (κ1) is 14.3. The van der Waals surface area contributed by atoms with Gasteiger partial charge in [-0.15, -0.1) is 11.3 Å². The van der Waals surface area contributed by atoms with E-state index in [0.717, 1.165) is 15.4 Å². The highest BCUT2D eigenvalue weighted by molar-refractivity contribution is 9.10. The van der Waals surface area contributed by atoms with Crippen molar-refractivity contribution in [1.82, 2.24) is 4.90 Å². The van der Waals surface area contributed by atoms with Gasteiger partial charge in [0.2, 0.25) is 5.91 Å². The first-order valence-corrected chi connectivity index (χ1v) is 6.63. The van der Waals surface area contributed by atoms with Gasteiger partial charge >= 0.3 is 0 Å². The maximum absolute atomic E-state index is 13.1. The normalized spacial score (nSPS) is 12.2. The molecule has 1 amide bonds. The molecule has 1 atom stereocenters. The van der Waals surface area contributed by atoms with Gasteiger partial charge in [-0.2, -0.15) is 0 Å². The fraction of sp³-hybridized carbons (Fsp3) is 0.364. The molecule has 1 N–H and O–H groups in total. The second-order valence-corrected chi connectivity index (χ2v) is 5.35. The third-order valence-electron chi connectivity index (χ3n) is 2.07. The molecule has 0 bridgehead atoms. The summed E-state index contributed by atoms with van der Waals surface area (Å²) in [6, 6.07) is 1.88. The minimum absolute atomic E-state index is 0.128. The second kappa shape index (κ2) is 6.88. The molecule has 3 nitrogen and oxygen atoms in total. The van der Waals surface area contributed by atoms with Crippen molar-refractivity contribution in [2.45, 2.75) is 12.7 Å². The van der Waals surface area contributed by atoms with E-state index in [2.05, 4.69) is 22.5 Å². The molecule has 1 aromatic rings. The van der Waals surface area contributed by atoms with E-state index in [1.165, 1.54) is 16.2 Å². The van der Waals surface area contributed by atoms with Gasteiger partial charge in [-0.1, -0.05) is 6.58 Å². The van der Waals surface area contributed by atoms with Gasteiger partial charge < -0.3 is 10.0 Å². The molecular weight excluding hydrogens is 309 g/mol. The lowest BCUT2D eigenvalue weighted by molar-refractivity contribution is -0.127. The van der Waals surface area contributed by atoms with Gasteiger partial charge in [0, 0.05) is 14.7 Å². The van der Waals surface area contributed by atoms with Crippen molar-refractivity contribution >= 4 is 33.2 Å². The zero-order chi connectivity index (χ0) is 12.8. The number of nitrogens with zero attached hydrogens (tertiary/aromatic N) is 1. The number of aliphatic hydroxyl groups excluding tert-OH is 1. The molecule has 0 aromatic carbocycles. The second-order valence-electron chi connectivity index (χ2n) is 3.43. The van der Waals surface area contributed by atoms with Gasteiger partial charge in [0.15, 0.2) is 0 Å². The Hall–Kier alpha value is -0.720. The molecule has 0 saturated heterocycles. The van der Waals surface area contributed by atoms with E-state index in [-0.39, 0.29) is 12.5 Å². The van der Waals surface area contributed by atoms with Crippen LogP contribution in [-0.4, -0.2) is 35.2 Å². The van der Waals surface area contributed by atoms with E-state index < -0.39 is 12.8 Å². The standard InChI is InChI=1S/C11H13BrFNO2S/c1-2-11(16)14(4-9(13)6-15)5-10-3-8(12)7-17-10/h2-3,7,9,15H,1,4-6H2. The van der Waals surface area contributed by atoms with Crippen LogP contribution in [0.15, 0.2) is 28.6 Å². The van der Waals surface area contributed by atoms with Crippen molar-refractivity contribution in [3.63, 3.8) is 0 Å². The Labute approximate surface area is 112 Å². The van der Waals surface area contributed by atoms with Crippen molar-refractivity contribution in [1.29, 1.82) is 0 Å². The van der Waals surface area contributed by atoms with Crippen LogP contribution in [0.5, 0.6) is 0 Å². The molecule has 6 heteroatoms. The first-order valence-electron chi connectivity index (χ1n) is 4.96. The highest BCUT2D eigenvalue weighted by Gasteiger charge is 2.17. The number of carbonyl (C=O) groups is 1. The zero-order valence-electron chi connectivity index (χ0n) is 9.10. The van der Waals surface area contributed by atoms with Crippen LogP contribution in [-0.2, 0) is 11.3 Å². The number of thiophene rings is 1. The fourth-order valence-corrected chi connectivity index (χ4v) is 2.75. The number of carbonyl (C=O) groups excluding carboxylic acids is 1. The molecule has 94 valence electrons. The van der Waals surface area contributed by atoms with Crippen molar-refractivity contribution in [2.24, 2.45) is 0 Å². The molecule has 1 heterocycles. The van der Waals surface area contributed by atoms with Crippen LogP contribution in [0.3, 0.4) is 0 Å². The summed E-state index contributed by atoms with van der Waals surface area (Å²) in [6.07, 6.45) is -0.283. The van der Waals surface area contributed by atoms with E-state index in [1.807, 2.05) is 11.4 Å². The van der Waals surface area contributed by atoms with Crippen LogP contribution in [0.4, 0.5) is 4.39 Å². The Morgan fingerprint density at radius 2 is 2.47 bits per heavy atom. The number of hydrogen-bond acceptors (Lipinski definition) is 3. The minimum atomic E-state index is -1.43. The largest absolute Gasteiger partial charge is 0.393 e. The van der Waals surface area contributed by atoms with Crippen LogP contribution >= 0.6 is 27.3 Å². The lowest BCUT2D eigenvalue weighted by Gasteiger charge is -2.21. The molecule has 0 spiro atoms. The quantitative estimate of drug-likeness (QED) is 0.817. The Bertz CT molecular complexity index is 397. The van der Waals surface area contributed by atoms with E-state index >= 15 is 0 Å². The molecular formula is C11H13BrFNO2S. The number of halogens is 2. The van der Waals surface area contributed by atoms with Gasteiger partial charge in [0.1, 0.15) is 6.17 Å². The fourth-order valence-electron chi connectivity index (χ4n) is 1.28. The molecule has 0 aliphatic heterocycles. The van der Waals surface area contributed by atoms with Crippen molar-refractivity contribution in [3.8, 4) is 0 Å². The maximum Gasteiger partial charge on any atom is 0.246 e. The molecule has 0 radical (unpaired) electrons. The molecule has 1 unspecified atom stereocenters. The van der Waals surface area contributed by atoms with E-state index in [1.54, 1.807) is 0 Å². The molecule has 1 rings (SSSR count). The van der Waals surface area contributed by atoms with Crippen LogP contribution in [0, 0.1) is 0 Å². The van der Waals surface area contributed by atoms with Gasteiger partial charge in [-0.25, -0.2) is 4.39 Å². The zero-order valence-corrected chi connectivity index (χ0v) is 11.5. The van der Waals surface area contributed by atoms with Gasteiger partial charge in [0.25, 0.3) is 0 Å². The SMILES string of the molecule is C=CC(=O)N(Cc1cc(Br)cs1)CC(F)CO. The summed E-state index contributed by atoms with van der Waals surface area (Å²) < 4.78 is 14.0. The lowest BCUT2D eigenvalue weighted by Crippen LogP contribution is -2.35. The first-order chi connectivity index (χ1) is 8.06. The smallest absolute Gasteiger partial charge is 0.246 e. The summed E-state index contributed by atoms with van der Waals surface area (Å²) >= 11 is 4.79. The Morgan fingerprint density at radius 3 is 2.94 bits per heavy atom. The number of hydrogen-bond donors (Lipinski definition) is 1. The molecule has 17 heavy (non-hydrogen) atoms. The molecule has 0 fully saturated rings. The summed E-state index contributed by atoms with van der Waals surface area (Å²) in [5.74, 6) is -0.342. The third kappa shape index (κ3) is 4.57. The summed E-state index contributed by atoms with van der Waals surface area (Å²) in [6.45, 7) is 2.98. The topological polar surface area (TPSA) is 40.5 Å². The number of alkyl halides is 1. The Kier molecular flexibility index (Phi) is 5.80. The van der Waals surface area contributed by atoms with Gasteiger partial charge in [-0.3, -0.25) is 4.79 Å². The molecule has 0 saturated carbocycles. The molecule has 0 aliphatic rings. The number of rotatable bonds is 6. The highest BCUT2D eigenvalue weighted by atomic mass is 79.9. The van der Waals surface area contributed by atoms with E-state index in [9.17, 15) is 9.18 Å². The average molecular weight is 322 g/mol. The van der Waals surface area contributed by atoms with Crippen LogP contribution in [0.1, 0.15) is 4.88 Å². The van der Waals surface area contributed by atoms with Gasteiger partial charge in [-0.05, 0) is 28.1 Å². The predicted octanol–water partition coefficient (Wildman–Crippen LogP) is 2.36. The summed E-state index contributed by atoms with van der Waals surface area (Å²) in [5, 5.41) is 10.6. The van der Waals surface area contributed by atoms with Crippen molar-refractivity contribution in [2.75, 3.05) is 13.2 Å². The monoisotopic (exact) mass is 321 g/mol. The van der Waals surface area contributed by atoms with Crippen molar-refractivity contribution < 1.29 is 14.3 Å². The molecule has 0 aliphatic carbocycles. The Morgan fingerprint density at radius 1 is 1.76 bits per heavy atom. The average Bonchev–Trinajstić information content (AvgIpc) is 2.72. The summed E-state index contributed by atoms with van der Waals surface area (Å²) in [5.41, 5.74) is 0. The maximum atomic E-state index is 13.1. The van der Waals surface area contributed by atoms with Crippen LogP contribution < -0.4 is 0 Å². The summed E-state index contributed by atoms with van der Waals surface area (Å²) in [7, 11) is 0. The molecule has 1 aromatic heterocycles. The van der Waals surface area contributed by atoms with Crippen molar-refractivity contribution in [3.05, 3.63) is 33.5 Å². The Balaban J connectivity index is 2.69. The lowest BCUT2D eigenvalue weighted by atomic mass is 10.3. The number of amides is 1. The predicted molar refractivity (Wildman–Crippen MR) is 69.6 cm³/mol. The van der Waals surface area contributed by atoms with Crippen LogP contribution in [0.2, 0.25) is 0 Å². The number of aliphatic hydroxyl groups is 1. The van der Waals surface area contributed by atoms with E-state index in [4.69, 9.17) is 5.11 Å².